The molecular formula is C22H22N2O6. The Hall–Kier alpha value is -3.81. The molecule has 1 heterocycles. The highest BCUT2D eigenvalue weighted by molar-refractivity contribution is 6.15. The summed E-state index contributed by atoms with van der Waals surface area (Å²) in [7, 11) is 1.19. The molecule has 2 aromatic carbocycles. The molecule has 1 aliphatic heterocycles. The minimum absolute atomic E-state index is 0.0595. The fourth-order valence-corrected chi connectivity index (χ4v) is 2.81. The molecule has 2 aromatic rings. The van der Waals surface area contributed by atoms with Gasteiger partial charge in [-0.05, 0) is 36.3 Å². The van der Waals surface area contributed by atoms with Gasteiger partial charge in [0.2, 0.25) is 0 Å². The number of nitrogens with one attached hydrogen (secondary N) is 1. The van der Waals surface area contributed by atoms with Crippen molar-refractivity contribution in [3.63, 3.8) is 0 Å². The topological polar surface area (TPSA) is 94.2 Å². The fourth-order valence-electron chi connectivity index (χ4n) is 2.81. The van der Waals surface area contributed by atoms with Crippen LogP contribution in [0.3, 0.4) is 0 Å². The molecule has 0 atom stereocenters. The summed E-state index contributed by atoms with van der Waals surface area (Å²) in [4.78, 5) is 36.6. The minimum Gasteiger partial charge on any atom is -0.490 e. The molecule has 0 unspecified atom stereocenters. The molecule has 1 fully saturated rings. The van der Waals surface area contributed by atoms with Crippen molar-refractivity contribution in [3.8, 4) is 11.5 Å². The maximum absolute atomic E-state index is 12.4. The molecule has 0 saturated carbocycles. The normalized spacial score (nSPS) is 14.6. The van der Waals surface area contributed by atoms with Crippen LogP contribution in [0, 0.1) is 0 Å². The third kappa shape index (κ3) is 4.96. The summed E-state index contributed by atoms with van der Waals surface area (Å²) < 4.78 is 16.0. The van der Waals surface area contributed by atoms with Crippen LogP contribution in [-0.2, 0) is 20.9 Å². The third-order valence-corrected chi connectivity index (χ3v) is 4.29. The number of urea groups is 1. The second-order valence-corrected chi connectivity index (χ2v) is 6.37. The van der Waals surface area contributed by atoms with Crippen LogP contribution in [0.4, 0.5) is 4.79 Å². The monoisotopic (exact) mass is 410 g/mol. The van der Waals surface area contributed by atoms with E-state index >= 15 is 0 Å². The van der Waals surface area contributed by atoms with Gasteiger partial charge in [-0.1, -0.05) is 36.4 Å². The molecule has 8 nitrogen and oxygen atoms in total. The maximum Gasteiger partial charge on any atom is 0.329 e. The van der Waals surface area contributed by atoms with E-state index in [-0.39, 0.29) is 5.70 Å². The zero-order chi connectivity index (χ0) is 21.5. The molecule has 1 saturated heterocycles. The zero-order valence-corrected chi connectivity index (χ0v) is 16.7. The van der Waals surface area contributed by atoms with Gasteiger partial charge >= 0.3 is 12.0 Å². The van der Waals surface area contributed by atoms with Crippen molar-refractivity contribution in [2.24, 2.45) is 0 Å². The molecule has 1 N–H and O–H groups in total. The van der Waals surface area contributed by atoms with Crippen LogP contribution in [-0.4, -0.2) is 43.1 Å². The number of methoxy groups -OCH3 is 1. The van der Waals surface area contributed by atoms with Gasteiger partial charge in [0.05, 0.1) is 13.7 Å². The van der Waals surface area contributed by atoms with Crippen molar-refractivity contribution < 1.29 is 28.6 Å². The lowest BCUT2D eigenvalue weighted by molar-refractivity contribution is -0.143. The SMILES string of the molecule is CCOc1cc(/C=C2/NC(=O)N(CC(=O)OC)C2=O)ccc1OCc1ccccc1. The Morgan fingerprint density at radius 1 is 1.07 bits per heavy atom. The quantitative estimate of drug-likeness (QED) is 0.409. The number of rotatable bonds is 8. The molecule has 3 rings (SSSR count). The van der Waals surface area contributed by atoms with Crippen molar-refractivity contribution in [1.29, 1.82) is 0 Å². The Balaban J connectivity index is 1.77. The third-order valence-electron chi connectivity index (χ3n) is 4.29. The number of carbonyl (C=O) groups excluding carboxylic acids is 3. The number of hydrogen-bond acceptors (Lipinski definition) is 6. The predicted molar refractivity (Wildman–Crippen MR) is 109 cm³/mol. The van der Waals surface area contributed by atoms with Gasteiger partial charge in [-0.15, -0.1) is 0 Å². The van der Waals surface area contributed by atoms with E-state index in [4.69, 9.17) is 9.47 Å². The smallest absolute Gasteiger partial charge is 0.329 e. The Bertz CT molecular complexity index is 971. The van der Waals surface area contributed by atoms with Gasteiger partial charge in [0, 0.05) is 0 Å². The van der Waals surface area contributed by atoms with E-state index in [1.165, 1.54) is 13.2 Å². The van der Waals surface area contributed by atoms with Gasteiger partial charge < -0.3 is 19.5 Å². The lowest BCUT2D eigenvalue weighted by atomic mass is 10.1. The van der Waals surface area contributed by atoms with E-state index in [2.05, 4.69) is 10.1 Å². The molecule has 30 heavy (non-hydrogen) atoms. The number of esters is 1. The second-order valence-electron chi connectivity index (χ2n) is 6.37. The number of amides is 3. The summed E-state index contributed by atoms with van der Waals surface area (Å²) >= 11 is 0. The molecule has 1 aliphatic rings. The summed E-state index contributed by atoms with van der Waals surface area (Å²) in [5, 5.41) is 2.46. The standard InChI is InChI=1S/C22H22N2O6/c1-3-29-19-12-16(9-10-18(19)30-14-15-7-5-4-6-8-15)11-17-21(26)24(22(27)23-17)13-20(25)28-2/h4-12H,3,13-14H2,1-2H3,(H,23,27)/b17-11+. The first kappa shape index (κ1) is 20.9. The minimum atomic E-state index is -0.682. The highest BCUT2D eigenvalue weighted by atomic mass is 16.5. The summed E-state index contributed by atoms with van der Waals surface area (Å²) in [6.07, 6.45) is 1.51. The Kier molecular flexibility index (Phi) is 6.69. The summed E-state index contributed by atoms with van der Waals surface area (Å²) in [5.41, 5.74) is 1.72. The number of nitrogens with zero attached hydrogens (tertiary/aromatic N) is 1. The summed E-state index contributed by atoms with van der Waals surface area (Å²) in [5.74, 6) is -0.200. The van der Waals surface area contributed by atoms with Crippen molar-refractivity contribution in [2.45, 2.75) is 13.5 Å². The van der Waals surface area contributed by atoms with Crippen molar-refractivity contribution in [3.05, 3.63) is 65.4 Å². The number of carbonyl (C=O) groups is 3. The van der Waals surface area contributed by atoms with E-state index in [1.54, 1.807) is 18.2 Å². The Morgan fingerprint density at radius 2 is 1.83 bits per heavy atom. The largest absolute Gasteiger partial charge is 0.490 e. The fraction of sp³-hybridized carbons (Fsp3) is 0.227. The molecule has 0 radical (unpaired) electrons. The van der Waals surface area contributed by atoms with E-state index in [0.717, 1.165) is 10.5 Å². The van der Waals surface area contributed by atoms with Gasteiger partial charge in [0.1, 0.15) is 18.8 Å². The predicted octanol–water partition coefficient (Wildman–Crippen LogP) is 2.73. The molecule has 156 valence electrons. The Labute approximate surface area is 174 Å². The number of imide groups is 1. The van der Waals surface area contributed by atoms with Crippen LogP contribution < -0.4 is 14.8 Å². The van der Waals surface area contributed by atoms with Crippen molar-refractivity contribution >= 4 is 24.0 Å². The first-order valence-corrected chi connectivity index (χ1v) is 9.36. The van der Waals surface area contributed by atoms with Crippen molar-refractivity contribution in [1.82, 2.24) is 10.2 Å². The number of benzene rings is 2. The van der Waals surface area contributed by atoms with Gasteiger partial charge in [-0.25, -0.2) is 9.69 Å². The lowest BCUT2D eigenvalue weighted by Gasteiger charge is -2.13. The average Bonchev–Trinajstić information content (AvgIpc) is 3.01. The van der Waals surface area contributed by atoms with E-state index in [0.29, 0.717) is 30.3 Å². The molecule has 0 aliphatic carbocycles. The van der Waals surface area contributed by atoms with Crippen molar-refractivity contribution in [2.75, 3.05) is 20.3 Å². The van der Waals surface area contributed by atoms with E-state index < -0.39 is 24.5 Å². The summed E-state index contributed by atoms with van der Waals surface area (Å²) in [6, 6.07) is 14.3. The zero-order valence-electron chi connectivity index (χ0n) is 16.7. The average molecular weight is 410 g/mol. The Morgan fingerprint density at radius 3 is 2.53 bits per heavy atom. The second kappa shape index (κ2) is 9.60. The van der Waals surface area contributed by atoms with Gasteiger partial charge in [-0.2, -0.15) is 0 Å². The number of hydrogen-bond donors (Lipinski definition) is 1. The molecule has 3 amide bonds. The van der Waals surface area contributed by atoms with Crippen LogP contribution in [0.1, 0.15) is 18.1 Å². The van der Waals surface area contributed by atoms with Crippen LogP contribution in [0.2, 0.25) is 0 Å². The first-order valence-electron chi connectivity index (χ1n) is 9.36. The van der Waals surface area contributed by atoms with Crippen LogP contribution in [0.15, 0.2) is 54.2 Å². The summed E-state index contributed by atoms with van der Waals surface area (Å²) in [6.45, 7) is 2.23. The highest BCUT2D eigenvalue weighted by Gasteiger charge is 2.35. The van der Waals surface area contributed by atoms with E-state index in [9.17, 15) is 14.4 Å². The van der Waals surface area contributed by atoms with Crippen LogP contribution in [0.25, 0.3) is 6.08 Å². The molecule has 0 spiro atoms. The number of ether oxygens (including phenoxy) is 3. The molecule has 0 aromatic heterocycles. The molecule has 0 bridgehead atoms. The van der Waals surface area contributed by atoms with Gasteiger partial charge in [0.25, 0.3) is 5.91 Å². The van der Waals surface area contributed by atoms with E-state index in [1.807, 2.05) is 37.3 Å². The van der Waals surface area contributed by atoms with Crippen LogP contribution >= 0.6 is 0 Å². The van der Waals surface area contributed by atoms with Gasteiger partial charge in [-0.3, -0.25) is 9.59 Å². The van der Waals surface area contributed by atoms with Crippen LogP contribution in [0.5, 0.6) is 11.5 Å². The molecule has 8 heteroatoms. The maximum atomic E-state index is 12.4. The van der Waals surface area contributed by atoms with Gasteiger partial charge in [0.15, 0.2) is 11.5 Å². The lowest BCUT2D eigenvalue weighted by Crippen LogP contribution is -2.36. The first-order chi connectivity index (χ1) is 14.5. The molecular weight excluding hydrogens is 388 g/mol. The highest BCUT2D eigenvalue weighted by Crippen LogP contribution is 2.30.